The molecule has 0 fully saturated rings. The summed E-state index contributed by atoms with van der Waals surface area (Å²) in [5.41, 5.74) is -0.412. The lowest BCUT2D eigenvalue weighted by atomic mass is 10.2. The van der Waals surface area contributed by atoms with Crippen molar-refractivity contribution in [3.8, 4) is 11.5 Å². The molecule has 4 nitrogen and oxygen atoms in total. The summed E-state index contributed by atoms with van der Waals surface area (Å²) in [6.45, 7) is 0. The van der Waals surface area contributed by atoms with Gasteiger partial charge in [0.1, 0.15) is 5.75 Å². The first kappa shape index (κ1) is 7.40. The third-order valence-electron chi connectivity index (χ3n) is 1.19. The van der Waals surface area contributed by atoms with Crippen LogP contribution in [0.15, 0.2) is 18.2 Å². The van der Waals surface area contributed by atoms with Gasteiger partial charge in [-0.2, -0.15) is 0 Å². The van der Waals surface area contributed by atoms with E-state index in [-0.39, 0.29) is 5.75 Å². The molecule has 0 saturated heterocycles. The number of aromatic hydroxyl groups is 1. The van der Waals surface area contributed by atoms with Crippen LogP contribution in [0.5, 0.6) is 11.5 Å². The third kappa shape index (κ3) is 1.40. The summed E-state index contributed by atoms with van der Waals surface area (Å²) in [4.78, 5) is 10.3. The number of benzene rings is 1. The van der Waals surface area contributed by atoms with E-state index in [0.29, 0.717) is 0 Å². The summed E-state index contributed by atoms with van der Waals surface area (Å²) in [5, 5.41) is 27.9. The van der Waals surface area contributed by atoms with Crippen molar-refractivity contribution in [2.24, 2.45) is 0 Å². The number of phenolic OH excluding ortho intramolecular Hbond substituents is 1. The van der Waals surface area contributed by atoms with E-state index in [9.17, 15) is 9.90 Å². The van der Waals surface area contributed by atoms with Gasteiger partial charge in [0.05, 0.1) is 5.56 Å². The van der Waals surface area contributed by atoms with Crippen molar-refractivity contribution in [3.63, 3.8) is 0 Å². The second-order valence-corrected chi connectivity index (χ2v) is 1.99. The normalized spacial score (nSPS) is 9.45. The fourth-order valence-electron chi connectivity index (χ4n) is 0.685. The van der Waals surface area contributed by atoms with Crippen LogP contribution in [0.2, 0.25) is 0 Å². The zero-order valence-electron chi connectivity index (χ0n) is 5.44. The van der Waals surface area contributed by atoms with Crippen molar-refractivity contribution in [3.05, 3.63) is 23.8 Å². The predicted octanol–water partition coefficient (Wildman–Crippen LogP) is 0.164. The Morgan fingerprint density at radius 2 is 2.09 bits per heavy atom. The topological polar surface area (TPSA) is 80.6 Å². The Morgan fingerprint density at radius 3 is 2.55 bits per heavy atom. The number of carboxylic acids is 1. The van der Waals surface area contributed by atoms with E-state index in [1.807, 2.05) is 0 Å². The monoisotopic (exact) mass is 153 g/mol. The molecule has 0 saturated carbocycles. The molecule has 58 valence electrons. The minimum absolute atomic E-state index is 0.220. The highest BCUT2D eigenvalue weighted by Gasteiger charge is 2.03. The molecule has 1 rings (SSSR count). The van der Waals surface area contributed by atoms with E-state index < -0.39 is 17.3 Å². The second kappa shape index (κ2) is 2.49. The minimum atomic E-state index is -1.33. The van der Waals surface area contributed by atoms with Gasteiger partial charge in [-0.25, -0.2) is 4.79 Å². The van der Waals surface area contributed by atoms with Crippen LogP contribution in [0.4, 0.5) is 0 Å². The number of rotatable bonds is 1. The Kier molecular flexibility index (Phi) is 1.68. The summed E-state index contributed by atoms with van der Waals surface area (Å²) in [7, 11) is 0. The quantitative estimate of drug-likeness (QED) is 0.602. The van der Waals surface area contributed by atoms with Crippen molar-refractivity contribution < 1.29 is 20.1 Å². The van der Waals surface area contributed by atoms with Crippen molar-refractivity contribution in [1.82, 2.24) is 0 Å². The molecule has 2 N–H and O–H groups in total. The van der Waals surface area contributed by atoms with E-state index in [0.717, 1.165) is 18.2 Å². The summed E-state index contributed by atoms with van der Waals surface area (Å²) >= 11 is 0. The van der Waals surface area contributed by atoms with E-state index in [2.05, 4.69) is 0 Å². The van der Waals surface area contributed by atoms with Crippen molar-refractivity contribution in [1.29, 1.82) is 0 Å². The second-order valence-electron chi connectivity index (χ2n) is 1.99. The van der Waals surface area contributed by atoms with Gasteiger partial charge in [0.25, 0.3) is 0 Å². The largest absolute Gasteiger partial charge is 0.872 e. The molecule has 11 heavy (non-hydrogen) atoms. The molecule has 1 aromatic rings. The first-order chi connectivity index (χ1) is 5.11. The highest BCUT2D eigenvalue weighted by Crippen LogP contribution is 2.19. The Morgan fingerprint density at radius 1 is 1.45 bits per heavy atom. The maximum Gasteiger partial charge on any atom is 0.335 e. The minimum Gasteiger partial charge on any atom is -0.872 e. The summed E-state index contributed by atoms with van der Waals surface area (Å²) in [5.74, 6) is -2.15. The molecule has 0 aromatic heterocycles. The summed E-state index contributed by atoms with van der Waals surface area (Å²) in [6, 6.07) is 3.08. The van der Waals surface area contributed by atoms with Gasteiger partial charge in [0.15, 0.2) is 0 Å². The van der Waals surface area contributed by atoms with Gasteiger partial charge in [0, 0.05) is 0 Å². The molecule has 4 heteroatoms. The lowest BCUT2D eigenvalue weighted by Crippen LogP contribution is -2.02. The Hall–Kier alpha value is -1.71. The zero-order chi connectivity index (χ0) is 8.43. The van der Waals surface area contributed by atoms with Crippen LogP contribution >= 0.6 is 0 Å². The van der Waals surface area contributed by atoms with Gasteiger partial charge in [0.2, 0.25) is 0 Å². The van der Waals surface area contributed by atoms with Gasteiger partial charge in [-0.05, 0) is 12.1 Å². The molecule has 0 aliphatic heterocycles. The standard InChI is InChI=1S/C7H6O4/c8-4-1-2-6(9)5(3-4)7(10)11/h1-3,8-9H,(H,10,11)/p-1. The first-order valence-electron chi connectivity index (χ1n) is 2.84. The number of aromatic carboxylic acids is 1. The molecule has 0 aliphatic carbocycles. The Bertz CT molecular complexity index is 292. The van der Waals surface area contributed by atoms with Gasteiger partial charge < -0.3 is 15.3 Å². The average Bonchev–Trinajstić information content (AvgIpc) is 1.94. The highest BCUT2D eigenvalue weighted by atomic mass is 16.4. The van der Waals surface area contributed by atoms with Crippen LogP contribution in [0.3, 0.4) is 0 Å². The molecule has 0 atom stereocenters. The maximum atomic E-state index is 10.7. The van der Waals surface area contributed by atoms with Crippen LogP contribution in [-0.4, -0.2) is 16.2 Å². The SMILES string of the molecule is O=C(O)c1cc(O)ccc1[O-]. The fourth-order valence-corrected chi connectivity index (χ4v) is 0.685. The molecule has 0 bridgehead atoms. The van der Waals surface area contributed by atoms with Crippen LogP contribution in [0.25, 0.3) is 0 Å². The molecule has 0 spiro atoms. The van der Waals surface area contributed by atoms with E-state index in [1.165, 1.54) is 0 Å². The van der Waals surface area contributed by atoms with Crippen molar-refractivity contribution in [2.45, 2.75) is 0 Å². The molecular weight excluding hydrogens is 148 g/mol. The molecule has 0 radical (unpaired) electrons. The Balaban J connectivity index is 3.23. The van der Waals surface area contributed by atoms with Crippen molar-refractivity contribution >= 4 is 5.97 Å². The summed E-state index contributed by atoms with van der Waals surface area (Å²) < 4.78 is 0. The van der Waals surface area contributed by atoms with E-state index >= 15 is 0 Å². The van der Waals surface area contributed by atoms with Gasteiger partial charge in [-0.3, -0.25) is 0 Å². The van der Waals surface area contributed by atoms with Crippen molar-refractivity contribution in [2.75, 3.05) is 0 Å². The number of hydrogen-bond donors (Lipinski definition) is 2. The smallest absolute Gasteiger partial charge is 0.335 e. The fraction of sp³-hybridized carbons (Fsp3) is 0. The molecule has 1 aromatic carbocycles. The number of carboxylic acid groups (broad SMARTS) is 1. The Labute approximate surface area is 62.3 Å². The number of hydrogen-bond acceptors (Lipinski definition) is 3. The first-order valence-corrected chi connectivity index (χ1v) is 2.84. The molecule has 0 unspecified atom stereocenters. The maximum absolute atomic E-state index is 10.7. The molecule has 0 amide bonds. The third-order valence-corrected chi connectivity index (χ3v) is 1.19. The highest BCUT2D eigenvalue weighted by molar-refractivity contribution is 5.90. The summed E-state index contributed by atoms with van der Waals surface area (Å²) in [6.07, 6.45) is 0. The van der Waals surface area contributed by atoms with E-state index in [1.54, 1.807) is 0 Å². The predicted molar refractivity (Wildman–Crippen MR) is 34.5 cm³/mol. The zero-order valence-corrected chi connectivity index (χ0v) is 5.44. The molecule has 0 heterocycles. The van der Waals surface area contributed by atoms with Gasteiger partial charge in [-0.15, -0.1) is 0 Å². The van der Waals surface area contributed by atoms with Crippen LogP contribution in [0, 0.1) is 0 Å². The van der Waals surface area contributed by atoms with Gasteiger partial charge >= 0.3 is 5.97 Å². The number of carbonyl (C=O) groups is 1. The van der Waals surface area contributed by atoms with Crippen LogP contribution in [-0.2, 0) is 0 Å². The van der Waals surface area contributed by atoms with Crippen LogP contribution < -0.4 is 5.11 Å². The van der Waals surface area contributed by atoms with E-state index in [4.69, 9.17) is 10.2 Å². The van der Waals surface area contributed by atoms with Gasteiger partial charge in [-0.1, -0.05) is 11.8 Å². The average molecular weight is 153 g/mol. The molecular formula is C7H5O4-. The van der Waals surface area contributed by atoms with Crippen LogP contribution in [0.1, 0.15) is 10.4 Å². The lowest BCUT2D eigenvalue weighted by Gasteiger charge is -2.08. The molecule has 0 aliphatic rings. The number of phenols is 1. The lowest BCUT2D eigenvalue weighted by molar-refractivity contribution is -0.268.